The lowest BCUT2D eigenvalue weighted by Crippen LogP contribution is -2.22. The summed E-state index contributed by atoms with van der Waals surface area (Å²) in [6.45, 7) is 1.29. The molecule has 0 saturated carbocycles. The van der Waals surface area contributed by atoms with E-state index in [1.807, 2.05) is 4.90 Å². The summed E-state index contributed by atoms with van der Waals surface area (Å²) in [6, 6.07) is 9.59. The molecule has 5 rings (SSSR count). The zero-order chi connectivity index (χ0) is 26.7. The Morgan fingerprint density at radius 1 is 1.00 bits per heavy atom. The Morgan fingerprint density at radius 2 is 1.79 bits per heavy atom. The highest BCUT2D eigenvalue weighted by atomic mass is 19.4. The normalized spacial score (nSPS) is 13.4. The van der Waals surface area contributed by atoms with Gasteiger partial charge < -0.3 is 20.3 Å². The van der Waals surface area contributed by atoms with Gasteiger partial charge in [0.1, 0.15) is 5.75 Å². The first kappa shape index (κ1) is 25.1. The third-order valence-electron chi connectivity index (χ3n) is 5.92. The number of anilines is 3. The zero-order valence-electron chi connectivity index (χ0n) is 19.8. The Hall–Kier alpha value is -4.61. The minimum absolute atomic E-state index is 0.0224. The van der Waals surface area contributed by atoms with Crippen LogP contribution in [0.1, 0.15) is 18.4 Å². The Balaban J connectivity index is 1.27. The fraction of sp³-hybridized carbons (Fsp3) is 0.192. The van der Waals surface area contributed by atoms with Crippen molar-refractivity contribution in [2.45, 2.75) is 19.0 Å². The second kappa shape index (κ2) is 10.4. The van der Waals surface area contributed by atoms with Crippen LogP contribution in [0.4, 0.5) is 39.4 Å². The van der Waals surface area contributed by atoms with Crippen molar-refractivity contribution in [2.24, 2.45) is 0 Å². The van der Waals surface area contributed by atoms with E-state index in [0.29, 0.717) is 30.2 Å². The predicted molar refractivity (Wildman–Crippen MR) is 134 cm³/mol. The van der Waals surface area contributed by atoms with Crippen LogP contribution in [0.25, 0.3) is 11.3 Å². The van der Waals surface area contributed by atoms with E-state index in [2.05, 4.69) is 25.8 Å². The second-order valence-electron chi connectivity index (χ2n) is 8.65. The molecule has 3 N–H and O–H groups in total. The molecule has 1 fully saturated rings. The van der Waals surface area contributed by atoms with Crippen LogP contribution >= 0.6 is 0 Å². The van der Waals surface area contributed by atoms with Crippen LogP contribution in [0.5, 0.6) is 11.5 Å². The number of hydrogen-bond donors (Lipinski definition) is 3. The topological polar surface area (TPSA) is 95.2 Å². The molecule has 3 heterocycles. The summed E-state index contributed by atoms with van der Waals surface area (Å²) >= 11 is 0. The van der Waals surface area contributed by atoms with Gasteiger partial charge in [0.2, 0.25) is 0 Å². The monoisotopic (exact) mass is 526 g/mol. The number of hydrogen-bond acceptors (Lipinski definition) is 5. The molecule has 0 aliphatic carbocycles. The van der Waals surface area contributed by atoms with Crippen molar-refractivity contribution in [3.05, 3.63) is 78.5 Å². The standard InChI is InChI=1S/C26H22F4N6O2/c27-22-12-18(3-4-24(22)38-21-5-6-31-23(13-21)16-14-32-33-15-16)34-25(37)35-19-9-17(26(28,29)30)10-20(11-19)36-7-1-2-8-36/h3-6,9-15H,1-2,7-8H2,(H,32,33)(H2,34,35,37). The number of urea groups is 1. The maximum absolute atomic E-state index is 14.7. The molecule has 2 aromatic carbocycles. The molecule has 0 radical (unpaired) electrons. The molecule has 8 nitrogen and oxygen atoms in total. The number of benzene rings is 2. The average molecular weight is 526 g/mol. The maximum atomic E-state index is 14.7. The molecule has 1 saturated heterocycles. The Labute approximate surface area is 214 Å². The Bertz CT molecular complexity index is 1440. The van der Waals surface area contributed by atoms with Crippen LogP contribution in [-0.2, 0) is 6.18 Å². The highest BCUT2D eigenvalue weighted by molar-refractivity contribution is 6.00. The Morgan fingerprint density at radius 3 is 2.50 bits per heavy atom. The first-order valence-corrected chi connectivity index (χ1v) is 11.7. The third-order valence-corrected chi connectivity index (χ3v) is 5.92. The van der Waals surface area contributed by atoms with Crippen LogP contribution in [0, 0.1) is 5.82 Å². The minimum atomic E-state index is -4.57. The molecule has 0 atom stereocenters. The first-order valence-electron chi connectivity index (χ1n) is 11.7. The number of aromatic nitrogens is 3. The lowest BCUT2D eigenvalue weighted by atomic mass is 10.1. The van der Waals surface area contributed by atoms with E-state index in [9.17, 15) is 22.4 Å². The number of carbonyl (C=O) groups is 1. The molecule has 12 heteroatoms. The number of amides is 2. The number of H-pyrrole nitrogens is 1. The first-order chi connectivity index (χ1) is 18.2. The van der Waals surface area contributed by atoms with Gasteiger partial charge in [-0.05, 0) is 49.2 Å². The fourth-order valence-corrected chi connectivity index (χ4v) is 4.11. The van der Waals surface area contributed by atoms with Crippen molar-refractivity contribution in [1.82, 2.24) is 15.2 Å². The Kier molecular flexibility index (Phi) is 6.86. The van der Waals surface area contributed by atoms with Crippen molar-refractivity contribution < 1.29 is 27.1 Å². The number of pyridine rings is 1. The summed E-state index contributed by atoms with van der Waals surface area (Å²) in [4.78, 5) is 18.6. The molecule has 4 aromatic rings. The fourth-order valence-electron chi connectivity index (χ4n) is 4.11. The van der Waals surface area contributed by atoms with Crippen molar-refractivity contribution in [3.8, 4) is 22.8 Å². The van der Waals surface area contributed by atoms with E-state index in [0.717, 1.165) is 36.6 Å². The molecule has 1 aliphatic rings. The minimum Gasteiger partial charge on any atom is -0.454 e. The largest absolute Gasteiger partial charge is 0.454 e. The maximum Gasteiger partial charge on any atom is 0.416 e. The number of aromatic amines is 1. The summed E-state index contributed by atoms with van der Waals surface area (Å²) in [7, 11) is 0. The molecule has 1 aliphatic heterocycles. The number of nitrogens with zero attached hydrogens (tertiary/aromatic N) is 3. The van der Waals surface area contributed by atoms with Gasteiger partial charge in [-0.1, -0.05) is 0 Å². The van der Waals surface area contributed by atoms with E-state index < -0.39 is 23.6 Å². The molecule has 2 aromatic heterocycles. The van der Waals surface area contributed by atoms with Crippen molar-refractivity contribution in [3.63, 3.8) is 0 Å². The molecule has 196 valence electrons. The molecule has 38 heavy (non-hydrogen) atoms. The van der Waals surface area contributed by atoms with Gasteiger partial charge in [0.25, 0.3) is 0 Å². The van der Waals surface area contributed by atoms with Gasteiger partial charge in [0.05, 0.1) is 17.5 Å². The number of halogens is 4. The number of nitrogens with one attached hydrogen (secondary N) is 3. The highest BCUT2D eigenvalue weighted by Gasteiger charge is 2.32. The van der Waals surface area contributed by atoms with Gasteiger partial charge in [-0.2, -0.15) is 18.3 Å². The second-order valence-corrected chi connectivity index (χ2v) is 8.65. The van der Waals surface area contributed by atoms with Gasteiger partial charge in [-0.15, -0.1) is 0 Å². The van der Waals surface area contributed by atoms with E-state index >= 15 is 0 Å². The van der Waals surface area contributed by atoms with Crippen molar-refractivity contribution in [2.75, 3.05) is 28.6 Å². The number of rotatable bonds is 6. The third kappa shape index (κ3) is 5.85. The average Bonchev–Trinajstić information content (AvgIpc) is 3.60. The summed E-state index contributed by atoms with van der Waals surface area (Å²) in [5, 5.41) is 11.4. The molecule has 0 unspecified atom stereocenters. The van der Waals surface area contributed by atoms with E-state index in [1.54, 1.807) is 24.5 Å². The molecular formula is C26H22F4N6O2. The molecular weight excluding hydrogens is 504 g/mol. The van der Waals surface area contributed by atoms with Gasteiger partial charge in [0, 0.05) is 60.2 Å². The molecule has 2 amide bonds. The predicted octanol–water partition coefficient (Wildman–Crippen LogP) is 6.67. The van der Waals surface area contributed by atoms with Crippen LogP contribution in [0.3, 0.4) is 0 Å². The number of carbonyl (C=O) groups excluding carboxylic acids is 1. The summed E-state index contributed by atoms with van der Waals surface area (Å²) in [5.74, 6) is -0.500. The van der Waals surface area contributed by atoms with Crippen LogP contribution in [0.2, 0.25) is 0 Å². The number of alkyl halides is 3. The van der Waals surface area contributed by atoms with E-state index in [-0.39, 0.29) is 17.1 Å². The van der Waals surface area contributed by atoms with E-state index in [1.165, 1.54) is 24.4 Å². The van der Waals surface area contributed by atoms with Crippen LogP contribution < -0.4 is 20.3 Å². The van der Waals surface area contributed by atoms with Crippen molar-refractivity contribution >= 4 is 23.1 Å². The molecule has 0 spiro atoms. The zero-order valence-corrected chi connectivity index (χ0v) is 19.8. The van der Waals surface area contributed by atoms with Gasteiger partial charge >= 0.3 is 12.2 Å². The van der Waals surface area contributed by atoms with Gasteiger partial charge in [-0.25, -0.2) is 9.18 Å². The summed E-state index contributed by atoms with van der Waals surface area (Å²) < 4.78 is 60.7. The van der Waals surface area contributed by atoms with Gasteiger partial charge in [-0.3, -0.25) is 10.1 Å². The molecule has 0 bridgehead atoms. The SMILES string of the molecule is O=C(Nc1cc(N2CCCC2)cc(C(F)(F)F)c1)Nc1ccc(Oc2ccnc(-c3cn[nH]c3)c2)c(F)c1. The number of ether oxygens (including phenoxy) is 1. The van der Waals surface area contributed by atoms with Crippen LogP contribution in [0.15, 0.2) is 67.1 Å². The highest BCUT2D eigenvalue weighted by Crippen LogP contribution is 2.35. The van der Waals surface area contributed by atoms with Crippen LogP contribution in [-0.4, -0.2) is 34.3 Å². The van der Waals surface area contributed by atoms with Crippen molar-refractivity contribution in [1.29, 1.82) is 0 Å². The summed E-state index contributed by atoms with van der Waals surface area (Å²) in [6.07, 6.45) is 1.96. The smallest absolute Gasteiger partial charge is 0.416 e. The lowest BCUT2D eigenvalue weighted by molar-refractivity contribution is -0.137. The van der Waals surface area contributed by atoms with E-state index in [4.69, 9.17) is 4.74 Å². The lowest BCUT2D eigenvalue weighted by Gasteiger charge is -2.21. The quantitative estimate of drug-likeness (QED) is 0.244. The summed E-state index contributed by atoms with van der Waals surface area (Å²) in [5.41, 5.74) is 0.895. The van der Waals surface area contributed by atoms with Gasteiger partial charge in [0.15, 0.2) is 11.6 Å².